The Hall–Kier alpha value is -2.24. The third kappa shape index (κ3) is 5.47. The molecule has 5 heteroatoms. The maximum Gasteiger partial charge on any atom is 0.159 e. The molecule has 3 aromatic rings. The number of hydrogen-bond donors (Lipinski definition) is 1. The van der Waals surface area contributed by atoms with Crippen molar-refractivity contribution in [3.05, 3.63) is 64.1 Å². The number of aromatic nitrogens is 3. The Kier molecular flexibility index (Phi) is 7.20. The number of aliphatic hydroxyl groups is 1. The summed E-state index contributed by atoms with van der Waals surface area (Å²) < 4.78 is 1.99. The molecule has 5 nitrogen and oxygen atoms in total. The number of rotatable bonds is 8. The van der Waals surface area contributed by atoms with Gasteiger partial charge in [0.25, 0.3) is 0 Å². The second kappa shape index (κ2) is 9.94. The molecule has 1 N–H and O–H groups in total. The van der Waals surface area contributed by atoms with E-state index in [0.29, 0.717) is 6.04 Å². The Labute approximate surface area is 198 Å². The molecular formula is C28H40N4O. The van der Waals surface area contributed by atoms with Gasteiger partial charge in [-0.1, -0.05) is 31.2 Å². The van der Waals surface area contributed by atoms with Crippen LogP contribution in [-0.4, -0.2) is 49.3 Å². The van der Waals surface area contributed by atoms with Gasteiger partial charge >= 0.3 is 0 Å². The smallest absolute Gasteiger partial charge is 0.159 e. The first-order valence-corrected chi connectivity index (χ1v) is 12.7. The number of fused-ring (bicyclic) bond motifs is 1. The van der Waals surface area contributed by atoms with Gasteiger partial charge in [0, 0.05) is 42.5 Å². The molecule has 1 aromatic carbocycles. The molecule has 4 rings (SSSR count). The van der Waals surface area contributed by atoms with Gasteiger partial charge in [-0.15, -0.1) is 0 Å². The summed E-state index contributed by atoms with van der Waals surface area (Å²) >= 11 is 0. The van der Waals surface area contributed by atoms with Crippen LogP contribution in [0.25, 0.3) is 5.65 Å². The van der Waals surface area contributed by atoms with E-state index in [1.807, 2.05) is 11.4 Å². The number of benzene rings is 1. The normalized spacial score (nSPS) is 16.7. The van der Waals surface area contributed by atoms with E-state index in [2.05, 4.69) is 62.9 Å². The van der Waals surface area contributed by atoms with E-state index in [0.717, 1.165) is 80.8 Å². The minimum Gasteiger partial charge on any atom is -0.390 e. The fourth-order valence-corrected chi connectivity index (χ4v) is 5.23. The molecular weight excluding hydrogens is 408 g/mol. The van der Waals surface area contributed by atoms with Crippen LogP contribution in [0.5, 0.6) is 0 Å². The van der Waals surface area contributed by atoms with Gasteiger partial charge in [0.05, 0.1) is 11.3 Å². The van der Waals surface area contributed by atoms with Gasteiger partial charge in [0.2, 0.25) is 0 Å². The topological polar surface area (TPSA) is 53.7 Å². The van der Waals surface area contributed by atoms with Gasteiger partial charge in [-0.3, -0.25) is 0 Å². The van der Waals surface area contributed by atoms with E-state index in [1.165, 1.54) is 16.7 Å². The maximum absolute atomic E-state index is 11.0. The summed E-state index contributed by atoms with van der Waals surface area (Å²) in [5.74, 6) is 0. The van der Waals surface area contributed by atoms with Crippen LogP contribution in [0.1, 0.15) is 80.2 Å². The van der Waals surface area contributed by atoms with Crippen molar-refractivity contribution in [3.63, 3.8) is 0 Å². The first-order chi connectivity index (χ1) is 15.8. The molecule has 3 heterocycles. The van der Waals surface area contributed by atoms with Crippen molar-refractivity contribution >= 4 is 5.65 Å². The Morgan fingerprint density at radius 3 is 2.36 bits per heavy atom. The lowest BCUT2D eigenvalue weighted by molar-refractivity contribution is -0.0348. The Balaban J connectivity index is 1.37. The quantitative estimate of drug-likeness (QED) is 0.523. The predicted octanol–water partition coefficient (Wildman–Crippen LogP) is 5.06. The van der Waals surface area contributed by atoms with E-state index in [-0.39, 0.29) is 0 Å². The van der Waals surface area contributed by atoms with Gasteiger partial charge in [0.15, 0.2) is 5.65 Å². The van der Waals surface area contributed by atoms with Crippen molar-refractivity contribution in [2.45, 2.75) is 91.2 Å². The molecule has 1 aliphatic rings. The molecule has 0 radical (unpaired) electrons. The van der Waals surface area contributed by atoms with Crippen LogP contribution in [-0.2, 0) is 19.3 Å². The molecule has 0 unspecified atom stereocenters. The molecule has 0 atom stereocenters. The molecule has 0 spiro atoms. The van der Waals surface area contributed by atoms with Gasteiger partial charge in [-0.05, 0) is 83.4 Å². The zero-order chi connectivity index (χ0) is 23.6. The van der Waals surface area contributed by atoms with Gasteiger partial charge in [0.1, 0.15) is 0 Å². The van der Waals surface area contributed by atoms with Crippen molar-refractivity contribution in [1.82, 2.24) is 19.5 Å². The molecule has 0 amide bonds. The summed E-state index contributed by atoms with van der Waals surface area (Å²) in [6, 6.07) is 11.7. The third-order valence-corrected chi connectivity index (χ3v) is 7.38. The first-order valence-electron chi connectivity index (χ1n) is 12.7. The first kappa shape index (κ1) is 23.9. The monoisotopic (exact) mass is 448 g/mol. The van der Waals surface area contributed by atoms with Crippen LogP contribution in [0.4, 0.5) is 0 Å². The van der Waals surface area contributed by atoms with Gasteiger partial charge < -0.3 is 10.0 Å². The zero-order valence-electron chi connectivity index (χ0n) is 21.1. The highest BCUT2D eigenvalue weighted by atomic mass is 16.3. The molecule has 178 valence electrons. The second-order valence-corrected chi connectivity index (χ2v) is 10.3. The highest BCUT2D eigenvalue weighted by Crippen LogP contribution is 2.29. The fraction of sp³-hybridized carbons (Fsp3) is 0.571. The largest absolute Gasteiger partial charge is 0.390 e. The van der Waals surface area contributed by atoms with Crippen LogP contribution in [0, 0.1) is 13.8 Å². The molecule has 2 aromatic heterocycles. The van der Waals surface area contributed by atoms with Crippen molar-refractivity contribution in [1.29, 1.82) is 0 Å². The van der Waals surface area contributed by atoms with Crippen LogP contribution in [0.15, 0.2) is 30.3 Å². The molecule has 0 bridgehead atoms. The molecule has 33 heavy (non-hydrogen) atoms. The van der Waals surface area contributed by atoms with Gasteiger partial charge in [-0.25, -0.2) is 9.50 Å². The van der Waals surface area contributed by atoms with Crippen molar-refractivity contribution in [3.8, 4) is 0 Å². The van der Waals surface area contributed by atoms with Crippen molar-refractivity contribution in [2.75, 3.05) is 13.1 Å². The highest BCUT2D eigenvalue weighted by molar-refractivity contribution is 5.53. The minimum atomic E-state index is -0.478. The standard InChI is InChI=1S/C28H40N4O/c1-6-26-25(27-29-21(4)18-22(5)32(27)30-26)19-24-11-9-23(10-12-24)8-7-13-28(33)14-16-31(17-15-28)20(2)3/h9-12,18,20,33H,6-8,13-17,19H2,1-5H3. The Bertz CT molecular complexity index is 1080. The zero-order valence-corrected chi connectivity index (χ0v) is 21.1. The summed E-state index contributed by atoms with van der Waals surface area (Å²) in [4.78, 5) is 7.27. The lowest BCUT2D eigenvalue weighted by Gasteiger charge is -2.40. The van der Waals surface area contributed by atoms with E-state index >= 15 is 0 Å². The van der Waals surface area contributed by atoms with E-state index in [9.17, 15) is 5.11 Å². The maximum atomic E-state index is 11.0. The molecule has 1 aliphatic heterocycles. The Morgan fingerprint density at radius 1 is 1.06 bits per heavy atom. The summed E-state index contributed by atoms with van der Waals surface area (Å²) in [6.07, 6.45) is 6.52. The van der Waals surface area contributed by atoms with E-state index in [4.69, 9.17) is 10.1 Å². The lowest BCUT2D eigenvalue weighted by atomic mass is 9.85. The average molecular weight is 449 g/mol. The van der Waals surface area contributed by atoms with E-state index in [1.54, 1.807) is 0 Å². The van der Waals surface area contributed by atoms with Crippen LogP contribution in [0.3, 0.4) is 0 Å². The molecule has 0 aliphatic carbocycles. The number of piperidine rings is 1. The summed E-state index contributed by atoms with van der Waals surface area (Å²) in [7, 11) is 0. The second-order valence-electron chi connectivity index (χ2n) is 10.3. The van der Waals surface area contributed by atoms with Crippen LogP contribution in [0.2, 0.25) is 0 Å². The SMILES string of the molecule is CCc1nn2c(C)cc(C)nc2c1Cc1ccc(CCCC2(O)CCN(C(C)C)CC2)cc1. The number of hydrogen-bond acceptors (Lipinski definition) is 4. The number of aryl methyl sites for hydroxylation is 4. The Morgan fingerprint density at radius 2 is 1.73 bits per heavy atom. The summed E-state index contributed by atoms with van der Waals surface area (Å²) in [5.41, 5.74) is 7.70. The third-order valence-electron chi connectivity index (χ3n) is 7.38. The van der Waals surface area contributed by atoms with E-state index < -0.39 is 5.60 Å². The molecule has 0 saturated carbocycles. The van der Waals surface area contributed by atoms with Crippen LogP contribution >= 0.6 is 0 Å². The minimum absolute atomic E-state index is 0.478. The summed E-state index contributed by atoms with van der Waals surface area (Å²) in [6.45, 7) is 12.8. The summed E-state index contributed by atoms with van der Waals surface area (Å²) in [5, 5.41) is 15.8. The highest BCUT2D eigenvalue weighted by Gasteiger charge is 2.32. The fourth-order valence-electron chi connectivity index (χ4n) is 5.23. The average Bonchev–Trinajstić information content (AvgIpc) is 3.13. The molecule has 1 saturated heterocycles. The van der Waals surface area contributed by atoms with Crippen molar-refractivity contribution in [2.24, 2.45) is 0 Å². The number of likely N-dealkylation sites (tertiary alicyclic amines) is 1. The number of nitrogens with zero attached hydrogens (tertiary/aromatic N) is 4. The van der Waals surface area contributed by atoms with Gasteiger partial charge in [-0.2, -0.15) is 5.10 Å². The van der Waals surface area contributed by atoms with Crippen LogP contribution < -0.4 is 0 Å². The predicted molar refractivity (Wildman–Crippen MR) is 135 cm³/mol. The van der Waals surface area contributed by atoms with Crippen molar-refractivity contribution < 1.29 is 5.11 Å². The lowest BCUT2D eigenvalue weighted by Crippen LogP contribution is -2.46. The molecule has 1 fully saturated rings.